The van der Waals surface area contributed by atoms with Crippen LogP contribution in [0.2, 0.25) is 0 Å². The van der Waals surface area contributed by atoms with Crippen LogP contribution in [0.4, 0.5) is 0 Å². The molecule has 0 aromatic heterocycles. The zero-order valence-electron chi connectivity index (χ0n) is 60.2. The maximum atomic E-state index is 13.4. The molecule has 0 aromatic carbocycles. The highest BCUT2D eigenvalue weighted by Crippen LogP contribution is 2.30. The first-order valence-electron chi connectivity index (χ1n) is 39.5. The van der Waals surface area contributed by atoms with Crippen LogP contribution in [0.25, 0.3) is 0 Å². The van der Waals surface area contributed by atoms with Gasteiger partial charge in [-0.1, -0.05) is 344 Å². The minimum Gasteiger partial charge on any atom is -0.394 e. The number of amides is 1. The number of carbonyl (C=O) groups excluding carboxylic acids is 1. The highest BCUT2D eigenvalue weighted by atomic mass is 16.7. The average Bonchev–Trinajstić information content (AvgIpc) is 0.794. The van der Waals surface area contributed by atoms with Gasteiger partial charge in [-0.3, -0.25) is 4.79 Å². The van der Waals surface area contributed by atoms with Crippen LogP contribution in [0.1, 0.15) is 348 Å². The van der Waals surface area contributed by atoms with E-state index in [1.165, 1.54) is 257 Å². The van der Waals surface area contributed by atoms with E-state index in [2.05, 4.69) is 67.8 Å². The zero-order chi connectivity index (χ0) is 68.0. The Morgan fingerprint density at radius 2 is 0.734 bits per heavy atom. The van der Waals surface area contributed by atoms with Crippen molar-refractivity contribution < 1.29 is 64.6 Å². The summed E-state index contributed by atoms with van der Waals surface area (Å²) in [6.07, 6.45) is 70.1. The van der Waals surface area contributed by atoms with Gasteiger partial charge in [-0.25, -0.2) is 0 Å². The monoisotopic (exact) mass is 1330 g/mol. The predicted octanol–water partition coefficient (Wildman–Crippen LogP) is 17.6. The van der Waals surface area contributed by atoms with Crippen LogP contribution in [0.15, 0.2) is 60.8 Å². The summed E-state index contributed by atoms with van der Waals surface area (Å²) in [6.45, 7) is 2.74. The Bertz CT molecular complexity index is 1810. The molecule has 94 heavy (non-hydrogen) atoms. The van der Waals surface area contributed by atoms with Gasteiger partial charge in [0.05, 0.1) is 32.0 Å². The van der Waals surface area contributed by atoms with Crippen molar-refractivity contribution in [1.82, 2.24) is 5.32 Å². The number of nitrogens with one attached hydrogen (secondary N) is 1. The number of allylic oxidation sites excluding steroid dienone is 9. The topological polar surface area (TPSA) is 228 Å². The fourth-order valence-electron chi connectivity index (χ4n) is 13.0. The second kappa shape index (κ2) is 64.1. The van der Waals surface area contributed by atoms with Crippen molar-refractivity contribution in [1.29, 1.82) is 0 Å². The van der Waals surface area contributed by atoms with Crippen molar-refractivity contribution in [3.05, 3.63) is 60.8 Å². The summed E-state index contributed by atoms with van der Waals surface area (Å²) in [4.78, 5) is 13.4. The smallest absolute Gasteiger partial charge is 0.220 e. The van der Waals surface area contributed by atoms with Crippen molar-refractivity contribution in [2.45, 2.75) is 421 Å². The molecule has 1 amide bonds. The molecule has 14 heteroatoms. The third-order valence-electron chi connectivity index (χ3n) is 19.2. The van der Waals surface area contributed by atoms with Gasteiger partial charge in [0.25, 0.3) is 0 Å². The molecule has 2 saturated heterocycles. The van der Waals surface area contributed by atoms with E-state index in [1.807, 2.05) is 6.08 Å². The summed E-state index contributed by atoms with van der Waals surface area (Å²) in [5, 5.41) is 87.7. The zero-order valence-corrected chi connectivity index (χ0v) is 60.2. The lowest BCUT2D eigenvalue weighted by Gasteiger charge is -2.46. The number of ether oxygens (including phenoxy) is 4. The fraction of sp³-hybridized carbons (Fsp3) is 0.863. The van der Waals surface area contributed by atoms with E-state index >= 15 is 0 Å². The molecule has 0 saturated carbocycles. The lowest BCUT2D eigenvalue weighted by atomic mass is 9.97. The highest BCUT2D eigenvalue weighted by molar-refractivity contribution is 5.76. The molecule has 2 aliphatic rings. The van der Waals surface area contributed by atoms with E-state index in [-0.39, 0.29) is 18.9 Å². The van der Waals surface area contributed by atoms with Crippen LogP contribution >= 0.6 is 0 Å². The fourth-order valence-corrected chi connectivity index (χ4v) is 13.0. The quantitative estimate of drug-likeness (QED) is 0.0204. The van der Waals surface area contributed by atoms with Crippen molar-refractivity contribution >= 4 is 5.91 Å². The molecular formula is C80H147NO13. The number of aliphatic hydroxyl groups is 8. The Hall–Kier alpha value is -2.31. The number of hydrogen-bond acceptors (Lipinski definition) is 13. The molecular weight excluding hydrogens is 1180 g/mol. The Morgan fingerprint density at radius 1 is 0.394 bits per heavy atom. The maximum Gasteiger partial charge on any atom is 0.220 e. The van der Waals surface area contributed by atoms with E-state index in [0.29, 0.717) is 6.42 Å². The summed E-state index contributed by atoms with van der Waals surface area (Å²) in [5.41, 5.74) is 0. The van der Waals surface area contributed by atoms with Gasteiger partial charge in [-0.15, -0.1) is 0 Å². The molecule has 9 N–H and O–H groups in total. The van der Waals surface area contributed by atoms with E-state index in [4.69, 9.17) is 18.9 Å². The van der Waals surface area contributed by atoms with Crippen molar-refractivity contribution in [3.8, 4) is 0 Å². The van der Waals surface area contributed by atoms with Crippen LogP contribution in [-0.4, -0.2) is 140 Å². The average molecular weight is 1330 g/mol. The van der Waals surface area contributed by atoms with E-state index in [9.17, 15) is 45.6 Å². The highest BCUT2D eigenvalue weighted by Gasteiger charge is 2.51. The van der Waals surface area contributed by atoms with Gasteiger partial charge in [-0.2, -0.15) is 0 Å². The molecule has 550 valence electrons. The molecule has 12 atom stereocenters. The first kappa shape index (κ1) is 87.8. The molecule has 14 nitrogen and oxygen atoms in total. The van der Waals surface area contributed by atoms with Crippen molar-refractivity contribution in [2.24, 2.45) is 0 Å². The molecule has 0 aliphatic carbocycles. The van der Waals surface area contributed by atoms with Crippen molar-refractivity contribution in [3.63, 3.8) is 0 Å². The normalized spacial score (nSPS) is 22.7. The molecule has 0 spiro atoms. The number of unbranched alkanes of at least 4 members (excludes halogenated alkanes) is 45. The lowest BCUT2D eigenvalue weighted by molar-refractivity contribution is -0.359. The van der Waals surface area contributed by atoms with Gasteiger partial charge in [0.1, 0.15) is 48.8 Å². The van der Waals surface area contributed by atoms with Gasteiger partial charge in [0.15, 0.2) is 12.6 Å². The third-order valence-corrected chi connectivity index (χ3v) is 19.2. The predicted molar refractivity (Wildman–Crippen MR) is 387 cm³/mol. The van der Waals surface area contributed by atoms with Crippen LogP contribution in [0, 0.1) is 0 Å². The third kappa shape index (κ3) is 46.9. The van der Waals surface area contributed by atoms with Crippen LogP contribution in [-0.2, 0) is 23.7 Å². The molecule has 0 bridgehead atoms. The number of hydrogen-bond donors (Lipinski definition) is 9. The SMILES string of the molecule is CC/C=C\C/C=C\C/C=C\C/C=C\CCCCCCCCCCCCCCCCCCCCCCC(=O)NC(COC1OC(CO)C(OC2OC(CO)C(O)C(O)C2O)C(O)C1O)C(O)/C=C/CCCCCCCCCCCCCCCCCCCCCCCCCCC. The van der Waals surface area contributed by atoms with Crippen LogP contribution in [0.5, 0.6) is 0 Å². The Labute approximate surface area is 575 Å². The first-order valence-corrected chi connectivity index (χ1v) is 39.5. The molecule has 2 rings (SSSR count). The van der Waals surface area contributed by atoms with Crippen LogP contribution < -0.4 is 5.32 Å². The second-order valence-electron chi connectivity index (χ2n) is 27.8. The summed E-state index contributed by atoms with van der Waals surface area (Å²) in [6, 6.07) is -0.917. The summed E-state index contributed by atoms with van der Waals surface area (Å²) < 4.78 is 22.9. The number of rotatable bonds is 66. The van der Waals surface area contributed by atoms with Crippen molar-refractivity contribution in [2.75, 3.05) is 19.8 Å². The van der Waals surface area contributed by atoms with Gasteiger partial charge < -0.3 is 65.1 Å². The van der Waals surface area contributed by atoms with Gasteiger partial charge >= 0.3 is 0 Å². The second-order valence-corrected chi connectivity index (χ2v) is 27.8. The van der Waals surface area contributed by atoms with Gasteiger partial charge in [0.2, 0.25) is 5.91 Å². The summed E-state index contributed by atoms with van der Waals surface area (Å²) in [7, 11) is 0. The molecule has 2 aliphatic heterocycles. The van der Waals surface area contributed by atoms with E-state index in [0.717, 1.165) is 64.2 Å². The molecule has 0 radical (unpaired) electrons. The minimum atomic E-state index is -1.79. The standard InChI is InChI=1S/C80H147NO13/c1-3-5-7-9-11-13-15-17-19-21-23-25-27-29-31-32-33-34-35-36-38-40-42-44-46-48-50-52-54-56-58-60-62-64-72(85)81-68(67-91-79-77(90)75(88)78(71(66-83)93-79)94-80-76(89)74(87)73(86)70(65-82)92-80)69(84)63-61-59-57-55-53-51-49-47-45-43-41-39-37-30-28-26-24-22-20-18-16-14-12-10-8-6-4-2/h5,7,11,13,17,19,23,25,61,63,68-71,73-80,82-84,86-90H,3-4,6,8-10,12,14-16,18,20-22,24,26-60,62,64-67H2,1-2H3,(H,81,85)/b7-5-,13-11-,19-17-,25-23-,63-61+. The van der Waals surface area contributed by atoms with E-state index in [1.54, 1.807) is 6.08 Å². The lowest BCUT2D eigenvalue weighted by Crippen LogP contribution is -2.65. The molecule has 2 heterocycles. The Balaban J connectivity index is 1.62. The summed E-state index contributed by atoms with van der Waals surface area (Å²) in [5.74, 6) is -0.233. The largest absolute Gasteiger partial charge is 0.394 e. The maximum absolute atomic E-state index is 13.4. The van der Waals surface area contributed by atoms with E-state index < -0.39 is 86.8 Å². The molecule has 2 fully saturated rings. The molecule has 0 aromatic rings. The minimum absolute atomic E-state index is 0.233. The Morgan fingerprint density at radius 3 is 1.13 bits per heavy atom. The number of aliphatic hydroxyl groups excluding tert-OH is 8. The van der Waals surface area contributed by atoms with Crippen LogP contribution in [0.3, 0.4) is 0 Å². The number of carbonyl (C=O) groups is 1. The Kier molecular flexibility index (Phi) is 59.8. The van der Waals surface area contributed by atoms with Gasteiger partial charge in [0, 0.05) is 6.42 Å². The van der Waals surface area contributed by atoms with Gasteiger partial charge in [-0.05, 0) is 57.8 Å². The first-order chi connectivity index (χ1) is 46.1. The summed E-state index contributed by atoms with van der Waals surface area (Å²) >= 11 is 0. The molecule has 12 unspecified atom stereocenters.